The van der Waals surface area contributed by atoms with Gasteiger partial charge in [0.05, 0.1) is 0 Å². The number of piperidine rings is 1. The molecule has 0 amide bonds. The van der Waals surface area contributed by atoms with Crippen LogP contribution in [0.1, 0.15) is 25.8 Å². The topological polar surface area (TPSA) is 33.5 Å². The molecule has 0 radical (unpaired) electrons. The fourth-order valence-electron chi connectivity index (χ4n) is 4.31. The first-order chi connectivity index (χ1) is 11.6. The summed E-state index contributed by atoms with van der Waals surface area (Å²) in [6.07, 6.45) is 1.29. The fourth-order valence-corrected chi connectivity index (χ4v) is 4.31. The van der Waals surface area contributed by atoms with Crippen LogP contribution in [0.4, 0.5) is 0 Å². The molecule has 2 aromatic carbocycles. The zero-order valence-corrected chi connectivity index (χ0v) is 14.3. The molecule has 3 aromatic rings. The fraction of sp³-hybridized carbons (Fsp3) is 0.381. The summed E-state index contributed by atoms with van der Waals surface area (Å²) < 4.78 is 5.47. The highest BCUT2D eigenvalue weighted by molar-refractivity contribution is 6.07. The molecule has 0 unspecified atom stereocenters. The monoisotopic (exact) mass is 321 g/mol. The standard InChI is InChI=1S/C21H23NO2/c1-14-9-15(2)12-22(11-14)13-17-10-20(23)24-19-8-7-16-5-3-4-6-18(16)21(17)19/h3-8,10,14-15H,9,11-13H2,1-2H3/t14-,15-/m0/s1. The van der Waals surface area contributed by atoms with E-state index in [1.54, 1.807) is 6.07 Å². The van der Waals surface area contributed by atoms with E-state index in [1.165, 1.54) is 11.8 Å². The lowest BCUT2D eigenvalue weighted by atomic mass is 9.91. The quantitative estimate of drug-likeness (QED) is 0.517. The molecule has 2 atom stereocenters. The molecule has 0 N–H and O–H groups in total. The van der Waals surface area contributed by atoms with Crippen LogP contribution in [0.2, 0.25) is 0 Å². The number of nitrogens with zero attached hydrogens (tertiary/aromatic N) is 1. The van der Waals surface area contributed by atoms with Crippen LogP contribution in [0, 0.1) is 11.8 Å². The summed E-state index contributed by atoms with van der Waals surface area (Å²) in [5, 5.41) is 3.42. The lowest BCUT2D eigenvalue weighted by Gasteiger charge is -2.35. The smallest absolute Gasteiger partial charge is 0.336 e. The molecule has 0 bridgehead atoms. The molecule has 1 saturated heterocycles. The zero-order chi connectivity index (χ0) is 16.7. The van der Waals surface area contributed by atoms with Gasteiger partial charge in [-0.1, -0.05) is 44.2 Å². The van der Waals surface area contributed by atoms with Crippen molar-refractivity contribution in [2.75, 3.05) is 13.1 Å². The van der Waals surface area contributed by atoms with Crippen LogP contribution in [0.5, 0.6) is 0 Å². The van der Waals surface area contributed by atoms with Gasteiger partial charge in [0.1, 0.15) is 5.58 Å². The van der Waals surface area contributed by atoms with Gasteiger partial charge in [0.15, 0.2) is 0 Å². The van der Waals surface area contributed by atoms with Crippen molar-refractivity contribution in [3.8, 4) is 0 Å². The van der Waals surface area contributed by atoms with E-state index in [2.05, 4.69) is 30.9 Å². The molecule has 4 rings (SSSR count). The normalized spacial score (nSPS) is 22.2. The average molecular weight is 321 g/mol. The first-order valence-corrected chi connectivity index (χ1v) is 8.77. The minimum Gasteiger partial charge on any atom is -0.423 e. The van der Waals surface area contributed by atoms with Crippen molar-refractivity contribution < 1.29 is 4.42 Å². The minimum atomic E-state index is -0.258. The molecular formula is C21H23NO2. The maximum absolute atomic E-state index is 12.0. The summed E-state index contributed by atoms with van der Waals surface area (Å²) in [7, 11) is 0. The van der Waals surface area contributed by atoms with Gasteiger partial charge >= 0.3 is 5.63 Å². The molecule has 0 spiro atoms. The highest BCUT2D eigenvalue weighted by atomic mass is 16.4. The third-order valence-electron chi connectivity index (χ3n) is 5.05. The molecule has 1 aliphatic heterocycles. The van der Waals surface area contributed by atoms with Crippen LogP contribution in [0.15, 0.2) is 51.7 Å². The number of benzene rings is 2. The van der Waals surface area contributed by atoms with Crippen molar-refractivity contribution in [2.45, 2.75) is 26.8 Å². The maximum atomic E-state index is 12.0. The second-order valence-electron chi connectivity index (χ2n) is 7.39. The Kier molecular flexibility index (Phi) is 3.89. The predicted octanol–water partition coefficient (Wildman–Crippen LogP) is 4.42. The van der Waals surface area contributed by atoms with Crippen molar-refractivity contribution in [3.63, 3.8) is 0 Å². The molecule has 0 saturated carbocycles. The van der Waals surface area contributed by atoms with Crippen LogP contribution < -0.4 is 5.63 Å². The van der Waals surface area contributed by atoms with Gasteiger partial charge in [-0.3, -0.25) is 4.90 Å². The summed E-state index contributed by atoms with van der Waals surface area (Å²) in [5.41, 5.74) is 1.51. The third-order valence-corrected chi connectivity index (χ3v) is 5.05. The van der Waals surface area contributed by atoms with Crippen LogP contribution in [-0.2, 0) is 6.54 Å². The van der Waals surface area contributed by atoms with Gasteiger partial charge in [-0.2, -0.15) is 0 Å². The van der Waals surface area contributed by atoms with Crippen molar-refractivity contribution in [3.05, 3.63) is 58.4 Å². The van der Waals surface area contributed by atoms with E-state index in [0.29, 0.717) is 17.4 Å². The first-order valence-electron chi connectivity index (χ1n) is 8.77. The Morgan fingerprint density at radius 3 is 2.62 bits per heavy atom. The molecular weight excluding hydrogens is 298 g/mol. The Morgan fingerprint density at radius 1 is 1.08 bits per heavy atom. The van der Waals surface area contributed by atoms with Gasteiger partial charge in [0.2, 0.25) is 0 Å². The largest absolute Gasteiger partial charge is 0.423 e. The molecule has 2 heterocycles. The molecule has 1 aliphatic rings. The van der Waals surface area contributed by atoms with Crippen molar-refractivity contribution >= 4 is 21.7 Å². The Labute approximate surface area is 141 Å². The Hall–Kier alpha value is -2.13. The van der Waals surface area contributed by atoms with E-state index in [-0.39, 0.29) is 5.63 Å². The van der Waals surface area contributed by atoms with Crippen LogP contribution in [0.25, 0.3) is 21.7 Å². The van der Waals surface area contributed by atoms with E-state index in [9.17, 15) is 4.79 Å². The Morgan fingerprint density at radius 2 is 1.83 bits per heavy atom. The lowest BCUT2D eigenvalue weighted by Crippen LogP contribution is -2.38. The summed E-state index contributed by atoms with van der Waals surface area (Å²) in [6.45, 7) is 7.63. The number of hydrogen-bond donors (Lipinski definition) is 0. The van der Waals surface area contributed by atoms with Crippen molar-refractivity contribution in [2.24, 2.45) is 11.8 Å². The van der Waals surface area contributed by atoms with E-state index in [4.69, 9.17) is 4.42 Å². The summed E-state index contributed by atoms with van der Waals surface area (Å²) in [6, 6.07) is 13.9. The van der Waals surface area contributed by atoms with Crippen LogP contribution in [0.3, 0.4) is 0 Å². The number of fused-ring (bicyclic) bond motifs is 3. The molecule has 124 valence electrons. The van der Waals surface area contributed by atoms with Gasteiger partial charge in [-0.15, -0.1) is 0 Å². The second kappa shape index (κ2) is 6.06. The molecule has 1 fully saturated rings. The SMILES string of the molecule is C[C@H]1C[C@H](C)CN(Cc2cc(=O)oc3ccc4ccccc4c23)C1. The van der Waals surface area contributed by atoms with E-state index >= 15 is 0 Å². The summed E-state index contributed by atoms with van der Waals surface area (Å²) in [5.74, 6) is 1.41. The lowest BCUT2D eigenvalue weighted by molar-refractivity contribution is 0.134. The van der Waals surface area contributed by atoms with E-state index in [1.807, 2.05) is 24.3 Å². The van der Waals surface area contributed by atoms with Gasteiger partial charge in [0.25, 0.3) is 0 Å². The van der Waals surface area contributed by atoms with E-state index < -0.39 is 0 Å². The van der Waals surface area contributed by atoms with Gasteiger partial charge in [-0.05, 0) is 40.7 Å². The average Bonchev–Trinajstić information content (AvgIpc) is 2.53. The number of hydrogen-bond acceptors (Lipinski definition) is 3. The maximum Gasteiger partial charge on any atom is 0.336 e. The van der Waals surface area contributed by atoms with Gasteiger partial charge in [-0.25, -0.2) is 4.79 Å². The molecule has 24 heavy (non-hydrogen) atoms. The molecule has 3 heteroatoms. The van der Waals surface area contributed by atoms with Gasteiger partial charge < -0.3 is 4.42 Å². The zero-order valence-electron chi connectivity index (χ0n) is 14.3. The second-order valence-corrected chi connectivity index (χ2v) is 7.39. The van der Waals surface area contributed by atoms with Crippen LogP contribution in [-0.4, -0.2) is 18.0 Å². The van der Waals surface area contributed by atoms with Crippen LogP contribution >= 0.6 is 0 Å². The minimum absolute atomic E-state index is 0.258. The van der Waals surface area contributed by atoms with Crippen molar-refractivity contribution in [1.29, 1.82) is 0 Å². The highest BCUT2D eigenvalue weighted by Gasteiger charge is 2.22. The molecule has 3 nitrogen and oxygen atoms in total. The Bertz CT molecular complexity index is 933. The predicted molar refractivity (Wildman–Crippen MR) is 98.2 cm³/mol. The Balaban J connectivity index is 1.84. The third kappa shape index (κ3) is 2.84. The highest BCUT2D eigenvalue weighted by Crippen LogP contribution is 2.29. The van der Waals surface area contributed by atoms with E-state index in [0.717, 1.165) is 36.0 Å². The number of rotatable bonds is 2. The summed E-state index contributed by atoms with van der Waals surface area (Å²) >= 11 is 0. The number of likely N-dealkylation sites (tertiary alicyclic amines) is 1. The van der Waals surface area contributed by atoms with Crippen molar-refractivity contribution in [1.82, 2.24) is 4.90 Å². The van der Waals surface area contributed by atoms with Gasteiger partial charge in [0, 0.05) is 31.1 Å². The molecule has 1 aromatic heterocycles. The molecule has 0 aliphatic carbocycles. The summed E-state index contributed by atoms with van der Waals surface area (Å²) in [4.78, 5) is 14.5. The first kappa shape index (κ1) is 15.4.